The standard InChI is InChI=1S/C21H21ClN2O8.C2H2O4/c1-24(2)14-7-5-6-10(16(27)12-9(25)4-3-8(22)11(12)15(6)26)18(29)21(7,32)19(30)13(17(14)28)20(23)31;3-1(4)2(5)6/h3-4,6-7,14-15,25-26,28-29,32H,5H2,1-2H3,(H2,23,31);(H,3,4)(H,5,6)/t6-,7+,14-,15-,21-;/m0./s1. The van der Waals surface area contributed by atoms with Crippen LogP contribution in [0.4, 0.5) is 0 Å². The summed E-state index contributed by atoms with van der Waals surface area (Å²) in [7, 11) is 3.03. The first-order chi connectivity index (χ1) is 17.5. The van der Waals surface area contributed by atoms with Gasteiger partial charge in [-0.25, -0.2) is 9.59 Å². The molecule has 204 valence electrons. The molecule has 0 fully saturated rings. The lowest BCUT2D eigenvalue weighted by molar-refractivity contribution is -0.159. The van der Waals surface area contributed by atoms with E-state index in [2.05, 4.69) is 0 Å². The molecule has 0 heterocycles. The molecule has 0 spiro atoms. The van der Waals surface area contributed by atoms with Crippen LogP contribution in [0, 0.1) is 11.8 Å². The third-order valence-electron chi connectivity index (χ3n) is 6.83. The number of ketones is 2. The van der Waals surface area contributed by atoms with Gasteiger partial charge in [0.2, 0.25) is 5.78 Å². The minimum atomic E-state index is -2.77. The summed E-state index contributed by atoms with van der Waals surface area (Å²) >= 11 is 6.17. The van der Waals surface area contributed by atoms with E-state index in [1.54, 1.807) is 0 Å². The molecular formula is C23H23ClN2O12. The van der Waals surface area contributed by atoms with Gasteiger partial charge in [-0.05, 0) is 32.6 Å². The number of hydrogen-bond acceptors (Lipinski definition) is 11. The van der Waals surface area contributed by atoms with E-state index in [1.807, 2.05) is 0 Å². The summed E-state index contributed by atoms with van der Waals surface area (Å²) in [4.78, 5) is 57.9. The van der Waals surface area contributed by atoms with E-state index in [4.69, 9.17) is 37.1 Å². The number of likely N-dealkylation sites (N-methyl/N-ethyl adjacent to an activating group) is 1. The quantitative estimate of drug-likeness (QED) is 0.168. The lowest BCUT2D eigenvalue weighted by Gasteiger charge is -2.50. The number of primary amides is 1. The highest BCUT2D eigenvalue weighted by Gasteiger charge is 2.64. The van der Waals surface area contributed by atoms with Gasteiger partial charge in [0.05, 0.1) is 17.7 Å². The van der Waals surface area contributed by atoms with E-state index >= 15 is 0 Å². The summed E-state index contributed by atoms with van der Waals surface area (Å²) < 4.78 is 0. The van der Waals surface area contributed by atoms with Crippen molar-refractivity contribution in [3.8, 4) is 5.75 Å². The maximum absolute atomic E-state index is 13.3. The molecule has 0 unspecified atom stereocenters. The normalized spacial score (nSPS) is 28.2. The smallest absolute Gasteiger partial charge is 0.414 e. The number of aliphatic hydroxyl groups is 4. The number of nitrogens with zero attached hydrogens (tertiary/aromatic N) is 1. The number of carbonyl (C=O) groups excluding carboxylic acids is 3. The fraction of sp³-hybridized carbons (Fsp3) is 0.348. The molecule has 4 rings (SSSR count). The van der Waals surface area contributed by atoms with Gasteiger partial charge >= 0.3 is 11.9 Å². The Morgan fingerprint density at radius 3 is 2.11 bits per heavy atom. The minimum Gasteiger partial charge on any atom is -0.510 e. The molecule has 0 saturated carbocycles. The Bertz CT molecular complexity index is 1340. The number of carboxylic acid groups (broad SMARTS) is 2. The summed E-state index contributed by atoms with van der Waals surface area (Å²) in [6, 6.07) is 1.30. The highest BCUT2D eigenvalue weighted by Crippen LogP contribution is 2.55. The number of amides is 1. The number of rotatable bonds is 2. The molecule has 0 saturated heterocycles. The largest absolute Gasteiger partial charge is 0.510 e. The Hall–Kier alpha value is -3.98. The number of aromatic hydroxyl groups is 1. The van der Waals surface area contributed by atoms with Gasteiger partial charge in [0, 0.05) is 28.0 Å². The second-order valence-corrected chi connectivity index (χ2v) is 9.49. The fourth-order valence-electron chi connectivity index (χ4n) is 5.25. The summed E-state index contributed by atoms with van der Waals surface area (Å²) in [6.45, 7) is 0. The van der Waals surface area contributed by atoms with Gasteiger partial charge < -0.3 is 41.5 Å². The molecule has 0 aliphatic heterocycles. The van der Waals surface area contributed by atoms with Crippen LogP contribution in [-0.4, -0.2) is 95.8 Å². The predicted octanol–water partition coefficient (Wildman–Crippen LogP) is -0.579. The summed E-state index contributed by atoms with van der Waals surface area (Å²) in [5, 5.41) is 69.2. The zero-order valence-electron chi connectivity index (χ0n) is 19.7. The molecule has 1 aromatic carbocycles. The fourth-order valence-corrected chi connectivity index (χ4v) is 5.52. The lowest BCUT2D eigenvalue weighted by atomic mass is 9.58. The Kier molecular flexibility index (Phi) is 7.31. The van der Waals surface area contributed by atoms with Crippen molar-refractivity contribution in [2.24, 2.45) is 17.6 Å². The van der Waals surface area contributed by atoms with Crippen LogP contribution in [-0.2, 0) is 19.2 Å². The van der Waals surface area contributed by atoms with Gasteiger partial charge in [-0.3, -0.25) is 19.3 Å². The highest BCUT2D eigenvalue weighted by molar-refractivity contribution is 6.33. The number of fused-ring (bicyclic) bond motifs is 3. The zero-order chi connectivity index (χ0) is 29.0. The Balaban J connectivity index is 0.000000599. The van der Waals surface area contributed by atoms with Crippen molar-refractivity contribution in [2.75, 3.05) is 14.1 Å². The van der Waals surface area contributed by atoms with E-state index in [1.165, 1.54) is 25.1 Å². The number of Topliss-reactive ketones (excluding diaryl/α,β-unsaturated/α-hetero) is 2. The van der Waals surface area contributed by atoms with Gasteiger partial charge in [-0.15, -0.1) is 0 Å². The Labute approximate surface area is 218 Å². The molecule has 15 heteroatoms. The molecule has 3 aliphatic carbocycles. The van der Waals surface area contributed by atoms with Crippen molar-refractivity contribution in [2.45, 2.75) is 24.2 Å². The summed E-state index contributed by atoms with van der Waals surface area (Å²) in [5.74, 6) is -11.8. The average Bonchev–Trinajstić information content (AvgIpc) is 2.80. The van der Waals surface area contributed by atoms with Crippen molar-refractivity contribution in [1.29, 1.82) is 0 Å². The van der Waals surface area contributed by atoms with Gasteiger partial charge in [-0.1, -0.05) is 11.6 Å². The van der Waals surface area contributed by atoms with Gasteiger partial charge in [-0.2, -0.15) is 0 Å². The predicted molar refractivity (Wildman–Crippen MR) is 125 cm³/mol. The number of benzene rings is 1. The molecule has 1 aromatic rings. The van der Waals surface area contributed by atoms with E-state index in [0.29, 0.717) is 0 Å². The zero-order valence-corrected chi connectivity index (χ0v) is 20.5. The summed E-state index contributed by atoms with van der Waals surface area (Å²) in [6.07, 6.45) is -1.70. The van der Waals surface area contributed by atoms with Crippen LogP contribution in [0.15, 0.2) is 34.8 Å². The first-order valence-corrected chi connectivity index (χ1v) is 11.2. The highest BCUT2D eigenvalue weighted by atomic mass is 35.5. The number of carboxylic acids is 2. The van der Waals surface area contributed by atoms with Gasteiger partial charge in [0.25, 0.3) is 5.91 Å². The van der Waals surface area contributed by atoms with E-state index < -0.39 is 87.4 Å². The molecule has 1 amide bonds. The third-order valence-corrected chi connectivity index (χ3v) is 7.16. The molecule has 9 N–H and O–H groups in total. The monoisotopic (exact) mass is 554 g/mol. The maximum atomic E-state index is 13.3. The first-order valence-electron chi connectivity index (χ1n) is 10.8. The molecule has 0 radical (unpaired) electrons. The number of aliphatic carboxylic acids is 2. The van der Waals surface area contributed by atoms with Crippen molar-refractivity contribution < 1.29 is 59.7 Å². The molecule has 5 atom stereocenters. The molecule has 3 aliphatic rings. The van der Waals surface area contributed by atoms with Crippen molar-refractivity contribution in [3.05, 3.63) is 50.9 Å². The van der Waals surface area contributed by atoms with Crippen LogP contribution in [0.1, 0.15) is 28.4 Å². The third kappa shape index (κ3) is 4.07. The Morgan fingerprint density at radius 1 is 1.08 bits per heavy atom. The van der Waals surface area contributed by atoms with E-state index in [9.17, 15) is 39.9 Å². The van der Waals surface area contributed by atoms with Crippen LogP contribution < -0.4 is 5.73 Å². The van der Waals surface area contributed by atoms with Crippen LogP contribution in [0.2, 0.25) is 5.02 Å². The number of phenolic OH excluding ortho intramolecular Hbond substituents is 1. The number of aliphatic hydroxyl groups excluding tert-OH is 3. The first kappa shape index (κ1) is 28.6. The van der Waals surface area contributed by atoms with E-state index in [0.717, 1.165) is 6.07 Å². The number of nitrogens with two attached hydrogens (primary N) is 1. The van der Waals surface area contributed by atoms with Crippen molar-refractivity contribution in [3.63, 3.8) is 0 Å². The minimum absolute atomic E-state index is 0.0145. The van der Waals surface area contributed by atoms with Crippen LogP contribution in [0.3, 0.4) is 0 Å². The topological polar surface area (TPSA) is 256 Å². The van der Waals surface area contributed by atoms with Crippen LogP contribution >= 0.6 is 11.6 Å². The number of hydrogen-bond donors (Lipinski definition) is 8. The SMILES string of the molecule is CN(C)[C@@H]1C(O)=C(C(N)=O)C(=O)[C@@]2(O)C(O)=C3C(=O)c4c(O)ccc(Cl)c4[C@@H](O)[C@H]3C[C@H]12.O=C(O)C(=O)O. The Morgan fingerprint density at radius 2 is 1.63 bits per heavy atom. The molecule has 14 nitrogen and oxygen atoms in total. The van der Waals surface area contributed by atoms with Crippen LogP contribution in [0.25, 0.3) is 0 Å². The maximum Gasteiger partial charge on any atom is 0.414 e. The second kappa shape index (κ2) is 9.72. The van der Waals surface area contributed by atoms with Crippen molar-refractivity contribution in [1.82, 2.24) is 4.90 Å². The molecule has 0 aromatic heterocycles. The van der Waals surface area contributed by atoms with Crippen molar-refractivity contribution >= 4 is 41.0 Å². The van der Waals surface area contributed by atoms with Gasteiger partial charge in [0.1, 0.15) is 22.8 Å². The molecular weight excluding hydrogens is 532 g/mol. The number of phenols is 1. The lowest BCUT2D eigenvalue weighted by Crippen LogP contribution is -2.64. The average molecular weight is 555 g/mol. The second-order valence-electron chi connectivity index (χ2n) is 9.08. The summed E-state index contributed by atoms with van der Waals surface area (Å²) in [5.41, 5.74) is 0.739. The van der Waals surface area contributed by atoms with Gasteiger partial charge in [0.15, 0.2) is 11.4 Å². The van der Waals surface area contributed by atoms with E-state index in [-0.39, 0.29) is 22.6 Å². The molecule has 0 bridgehead atoms. The van der Waals surface area contributed by atoms with Crippen LogP contribution in [0.5, 0.6) is 5.75 Å². The number of halogens is 1. The molecule has 38 heavy (non-hydrogen) atoms. The number of carbonyl (C=O) groups is 5.